The first-order valence-electron chi connectivity index (χ1n) is 53.8. The van der Waals surface area contributed by atoms with Crippen LogP contribution in [0.3, 0.4) is 0 Å². The van der Waals surface area contributed by atoms with Crippen molar-refractivity contribution in [1.29, 1.82) is 0 Å². The largest absolute Gasteiger partial charge is 0.100 e. The molecule has 0 heteroatoms. The highest BCUT2D eigenvalue weighted by molar-refractivity contribution is 4.93. The molecule has 0 heterocycles. The zero-order valence-corrected chi connectivity index (χ0v) is 86.9. The standard InChI is InChI=1S/C36H70.C26H52.C21H40.C20H38.2C7H16/c1-9-13-23-34(11-3)28-26-32(7)30-36(33(8)27-29-35(12-4)24-14-10-2)25-21-19-17-15-16-18-20-22-31(5)6;1-6-9-10-14-18-21-25(5)23-26(8-3)22-19-16-13-11-12-15-17-20-24(4)7-2;1-7-20(6)15-13-11-9-8-10-12-14-16-21(19(4)5)17-18(2)3;1-17(2)14-12-10-8-7-9-11-13-15-20(19(5)6)16-18(3)4;2*1-3-5-7-6-4-2/h19,21,32-36H,5,9-18,20,22-30H2,1-4,6-8H3;16,19,24-26H,6-15,17-18,20-23H2,1-5H3;12,14,18-19,21H,6-11,13,15-17H2,1-5H3;11,13,18-20H,1,7-10,12,14-16H2,2-6H3;2*3-7H2,1-2H3/b21-19+;19-16+;14-12+;13-11+;;. The predicted molar refractivity (Wildman–Crippen MR) is 551 cm³/mol. The SMILES string of the molecule is C=C(C)CCCCCC/C=C/CC(CC(C)C)C(C)C.C=C(C)CCCCCC/C=C/CC(CC(C)CCC(CC)CCCC)C(C)CCC(CC)CCCC.C=C(CC)CCCCCC/C=C/CC(CC(C)C)C(C)C.CCCCCCC.CCCCCCC.CCCCCCCC(C)CC(CC)C/C=C/CCCCCCC(C)CC. The first-order chi connectivity index (χ1) is 56.2. The zero-order chi connectivity index (χ0) is 89.0. The molecule has 117 heavy (non-hydrogen) atoms. The van der Waals surface area contributed by atoms with Gasteiger partial charge in [-0.25, -0.2) is 0 Å². The van der Waals surface area contributed by atoms with E-state index in [1.165, 1.54) is 415 Å². The summed E-state index contributed by atoms with van der Waals surface area (Å²) in [6.45, 7) is 72.8. The van der Waals surface area contributed by atoms with Crippen molar-refractivity contribution in [3.8, 4) is 0 Å². The molecule has 0 fully saturated rings. The van der Waals surface area contributed by atoms with Gasteiger partial charge in [-0.15, -0.1) is 13.2 Å². The van der Waals surface area contributed by atoms with Crippen LogP contribution in [0.4, 0.5) is 0 Å². The molecule has 0 spiro atoms. The Bertz CT molecular complexity index is 1990. The zero-order valence-electron chi connectivity index (χ0n) is 86.9. The van der Waals surface area contributed by atoms with Gasteiger partial charge in [-0.1, -0.05) is 495 Å². The van der Waals surface area contributed by atoms with E-state index in [2.05, 4.69) is 248 Å². The third-order valence-electron chi connectivity index (χ3n) is 26.2. The van der Waals surface area contributed by atoms with Gasteiger partial charge in [0.2, 0.25) is 0 Å². The topological polar surface area (TPSA) is 0 Å². The van der Waals surface area contributed by atoms with Crippen molar-refractivity contribution in [2.24, 2.45) is 82.9 Å². The van der Waals surface area contributed by atoms with Gasteiger partial charge in [0.1, 0.15) is 0 Å². The highest BCUT2D eigenvalue weighted by Crippen LogP contribution is 2.34. The average Bonchev–Trinajstić information content (AvgIpc) is 0.903. The van der Waals surface area contributed by atoms with Crippen LogP contribution < -0.4 is 0 Å². The van der Waals surface area contributed by atoms with Crippen LogP contribution in [-0.2, 0) is 0 Å². The molecule has 0 saturated carbocycles. The Kier molecular flexibility index (Phi) is 109. The summed E-state index contributed by atoms with van der Waals surface area (Å²) in [7, 11) is 0. The van der Waals surface area contributed by atoms with Crippen molar-refractivity contribution in [3.05, 3.63) is 85.1 Å². The lowest BCUT2D eigenvalue weighted by molar-refractivity contribution is 0.243. The summed E-state index contributed by atoms with van der Waals surface area (Å²) >= 11 is 0. The Hall–Kier alpha value is -1.82. The fourth-order valence-corrected chi connectivity index (χ4v) is 16.7. The van der Waals surface area contributed by atoms with Crippen LogP contribution in [0.2, 0.25) is 0 Å². The Labute approximate surface area is 747 Å². The number of hydrogen-bond acceptors (Lipinski definition) is 0. The summed E-state index contributed by atoms with van der Waals surface area (Å²) in [4.78, 5) is 0. The summed E-state index contributed by atoms with van der Waals surface area (Å²) in [6.07, 6.45) is 106. The van der Waals surface area contributed by atoms with Gasteiger partial charge in [0.05, 0.1) is 0 Å². The molecule has 0 radical (unpaired) electrons. The molecule has 10 atom stereocenters. The Morgan fingerprint density at radius 3 is 0.880 bits per heavy atom. The summed E-state index contributed by atoms with van der Waals surface area (Å²) in [6, 6.07) is 0. The maximum absolute atomic E-state index is 4.07. The Morgan fingerprint density at radius 2 is 0.547 bits per heavy atom. The first-order valence-corrected chi connectivity index (χ1v) is 53.8. The van der Waals surface area contributed by atoms with Crippen LogP contribution in [-0.4, -0.2) is 0 Å². The molecular weight excluding hydrogens is 1410 g/mol. The molecule has 10 unspecified atom stereocenters. The van der Waals surface area contributed by atoms with Gasteiger partial charge >= 0.3 is 0 Å². The predicted octanol–water partition coefficient (Wildman–Crippen LogP) is 43.5. The molecule has 0 nitrogen and oxygen atoms in total. The molecule has 0 saturated heterocycles. The summed E-state index contributed by atoms with van der Waals surface area (Å²) in [5.41, 5.74) is 4.08. The lowest BCUT2D eigenvalue weighted by Gasteiger charge is -2.28. The quantitative estimate of drug-likeness (QED) is 0.0421. The first kappa shape index (κ1) is 126. The van der Waals surface area contributed by atoms with Gasteiger partial charge in [0, 0.05) is 0 Å². The van der Waals surface area contributed by atoms with Crippen molar-refractivity contribution in [1.82, 2.24) is 0 Å². The lowest BCUT2D eigenvalue weighted by Crippen LogP contribution is -2.17. The highest BCUT2D eigenvalue weighted by atomic mass is 14.3. The van der Waals surface area contributed by atoms with E-state index in [1.807, 2.05) is 0 Å². The smallest absolute Gasteiger partial charge is 0.0320 e. The summed E-state index contributed by atoms with van der Waals surface area (Å²) in [5, 5.41) is 0. The maximum atomic E-state index is 4.07. The molecule has 0 rings (SSSR count). The molecule has 0 amide bonds. The van der Waals surface area contributed by atoms with E-state index in [0.717, 1.165) is 89.3 Å². The normalized spacial score (nSPS) is 14.3. The number of allylic oxidation sites excluding steroid dienone is 11. The highest BCUT2D eigenvalue weighted by Gasteiger charge is 2.22. The molecule has 0 N–H and O–H groups in total. The molecular formula is C117H232. The fraction of sp³-hybridized carbons (Fsp3) is 0.880. The van der Waals surface area contributed by atoms with E-state index in [0.29, 0.717) is 0 Å². The van der Waals surface area contributed by atoms with Gasteiger partial charge in [-0.2, -0.15) is 0 Å². The van der Waals surface area contributed by atoms with Crippen LogP contribution in [0.15, 0.2) is 85.1 Å². The minimum absolute atomic E-state index is 0.809. The molecule has 0 aromatic heterocycles. The van der Waals surface area contributed by atoms with Crippen LogP contribution >= 0.6 is 0 Å². The van der Waals surface area contributed by atoms with Crippen molar-refractivity contribution in [3.63, 3.8) is 0 Å². The molecule has 0 aliphatic carbocycles. The van der Waals surface area contributed by atoms with Crippen molar-refractivity contribution >= 4 is 0 Å². The Morgan fingerprint density at radius 1 is 0.239 bits per heavy atom. The van der Waals surface area contributed by atoms with Crippen LogP contribution in [0.5, 0.6) is 0 Å². The van der Waals surface area contributed by atoms with Crippen LogP contribution in [0.1, 0.15) is 585 Å². The van der Waals surface area contributed by atoms with E-state index in [4.69, 9.17) is 0 Å². The van der Waals surface area contributed by atoms with Gasteiger partial charge in [0.15, 0.2) is 0 Å². The third kappa shape index (κ3) is 105. The van der Waals surface area contributed by atoms with E-state index < -0.39 is 0 Å². The van der Waals surface area contributed by atoms with E-state index in [1.54, 1.807) is 0 Å². The maximum Gasteiger partial charge on any atom is -0.0320 e. The minimum Gasteiger partial charge on any atom is -0.100 e. The number of rotatable bonds is 78. The second-order valence-corrected chi connectivity index (χ2v) is 40.5. The van der Waals surface area contributed by atoms with Crippen molar-refractivity contribution in [2.75, 3.05) is 0 Å². The molecule has 0 aliphatic heterocycles. The van der Waals surface area contributed by atoms with E-state index in [9.17, 15) is 0 Å². The average molecular weight is 1640 g/mol. The Balaban J connectivity index is -0.000000339. The summed E-state index contributed by atoms with van der Waals surface area (Å²) in [5.74, 6) is 12.3. The van der Waals surface area contributed by atoms with Crippen molar-refractivity contribution < 1.29 is 0 Å². The number of hydrogen-bond donors (Lipinski definition) is 0. The van der Waals surface area contributed by atoms with Gasteiger partial charge in [-0.05, 0) is 244 Å². The molecule has 700 valence electrons. The fourth-order valence-electron chi connectivity index (χ4n) is 16.7. The van der Waals surface area contributed by atoms with Gasteiger partial charge in [0.25, 0.3) is 0 Å². The third-order valence-corrected chi connectivity index (χ3v) is 26.2. The van der Waals surface area contributed by atoms with Crippen LogP contribution in [0, 0.1) is 82.9 Å². The van der Waals surface area contributed by atoms with E-state index in [-0.39, 0.29) is 0 Å². The molecule has 0 bridgehead atoms. The second kappa shape index (κ2) is 101. The monoisotopic (exact) mass is 1640 g/mol. The van der Waals surface area contributed by atoms with Gasteiger partial charge in [-0.3, -0.25) is 0 Å². The number of unbranched alkanes of at least 4 members (excludes halogenated alkanes) is 30. The molecule has 0 aromatic carbocycles. The van der Waals surface area contributed by atoms with Gasteiger partial charge < -0.3 is 0 Å². The van der Waals surface area contributed by atoms with E-state index >= 15 is 0 Å². The minimum atomic E-state index is 0.809. The van der Waals surface area contributed by atoms with Crippen molar-refractivity contribution in [2.45, 2.75) is 585 Å². The second-order valence-electron chi connectivity index (χ2n) is 40.5. The molecule has 0 aromatic rings. The summed E-state index contributed by atoms with van der Waals surface area (Å²) < 4.78 is 0. The molecule has 0 aliphatic rings. The van der Waals surface area contributed by atoms with Crippen LogP contribution in [0.25, 0.3) is 0 Å². The lowest BCUT2D eigenvalue weighted by atomic mass is 9.78.